The predicted molar refractivity (Wildman–Crippen MR) is 74.0 cm³/mol. The molecule has 3 nitrogen and oxygen atoms in total. The Morgan fingerprint density at radius 1 is 1.33 bits per heavy atom. The molecule has 1 saturated carbocycles. The number of amides is 1. The fraction of sp³-hybridized carbons (Fsp3) is 0.933. The zero-order valence-electron chi connectivity index (χ0n) is 12.7. The molecule has 104 valence electrons. The van der Waals surface area contributed by atoms with E-state index in [1.807, 2.05) is 0 Å². The van der Waals surface area contributed by atoms with Gasteiger partial charge in [0.25, 0.3) is 0 Å². The number of carbonyl (C=O) groups excluding carboxylic acids is 1. The van der Waals surface area contributed by atoms with Gasteiger partial charge in [0.1, 0.15) is 0 Å². The maximum absolute atomic E-state index is 12.6. The van der Waals surface area contributed by atoms with Gasteiger partial charge < -0.3 is 4.90 Å². The number of hydrogen-bond donors (Lipinski definition) is 1. The third kappa shape index (κ3) is 2.42. The number of carbonyl (C=O) groups is 1. The van der Waals surface area contributed by atoms with E-state index in [1.54, 1.807) is 0 Å². The van der Waals surface area contributed by atoms with Crippen LogP contribution in [0.5, 0.6) is 0 Å². The fourth-order valence-corrected chi connectivity index (χ4v) is 3.06. The molecule has 0 spiro atoms. The molecule has 0 bridgehead atoms. The van der Waals surface area contributed by atoms with E-state index in [0.717, 1.165) is 12.8 Å². The van der Waals surface area contributed by atoms with Crippen molar-refractivity contribution >= 4 is 5.91 Å². The molecule has 1 N–H and O–H groups in total. The van der Waals surface area contributed by atoms with Gasteiger partial charge >= 0.3 is 0 Å². The van der Waals surface area contributed by atoms with Gasteiger partial charge in [0.2, 0.25) is 5.91 Å². The van der Waals surface area contributed by atoms with Crippen molar-refractivity contribution in [2.75, 3.05) is 0 Å². The molecule has 2 rings (SSSR count). The molecule has 0 aromatic rings. The van der Waals surface area contributed by atoms with Crippen LogP contribution in [0.1, 0.15) is 54.4 Å². The lowest BCUT2D eigenvalue weighted by Crippen LogP contribution is -2.41. The second kappa shape index (κ2) is 4.52. The van der Waals surface area contributed by atoms with Crippen LogP contribution in [0.3, 0.4) is 0 Å². The highest BCUT2D eigenvalue weighted by molar-refractivity contribution is 5.85. The summed E-state index contributed by atoms with van der Waals surface area (Å²) in [6.07, 6.45) is 2.46. The molecule has 1 saturated heterocycles. The number of hydrogen-bond acceptors (Lipinski definition) is 2. The van der Waals surface area contributed by atoms with Crippen LogP contribution in [0.4, 0.5) is 0 Å². The quantitative estimate of drug-likeness (QED) is 0.834. The Labute approximate surface area is 111 Å². The average Bonchev–Trinajstić information content (AvgIpc) is 2.68. The normalized spacial score (nSPS) is 34.8. The van der Waals surface area contributed by atoms with Gasteiger partial charge in [0.05, 0.1) is 12.2 Å². The number of nitrogens with one attached hydrogen (secondary N) is 1. The van der Waals surface area contributed by atoms with E-state index >= 15 is 0 Å². The summed E-state index contributed by atoms with van der Waals surface area (Å²) in [7, 11) is 0. The molecule has 0 radical (unpaired) electrons. The summed E-state index contributed by atoms with van der Waals surface area (Å²) in [5.74, 6) is 1.32. The smallest absolute Gasteiger partial charge is 0.241 e. The molecule has 2 aliphatic rings. The number of nitrogens with zero attached hydrogens (tertiary/aromatic N) is 1. The van der Waals surface area contributed by atoms with Gasteiger partial charge in [-0.2, -0.15) is 0 Å². The maximum atomic E-state index is 12.6. The van der Waals surface area contributed by atoms with Gasteiger partial charge in [0.15, 0.2) is 0 Å². The first kappa shape index (κ1) is 13.9. The molecule has 1 aliphatic carbocycles. The Bertz CT molecular complexity index is 335. The van der Waals surface area contributed by atoms with Crippen LogP contribution in [0.2, 0.25) is 0 Å². The SMILES string of the molecule is CC(C)CC1NC(C(C)C)C(=O)N1C1CC1(C)C. The highest BCUT2D eigenvalue weighted by atomic mass is 16.2. The standard InChI is InChI=1S/C15H28N2O/c1-9(2)7-12-16-13(10(3)4)14(18)17(12)11-8-15(11,5)6/h9-13,16H,7-8H2,1-6H3. The van der Waals surface area contributed by atoms with Crippen molar-refractivity contribution in [3.63, 3.8) is 0 Å². The molecule has 3 unspecified atom stereocenters. The summed E-state index contributed by atoms with van der Waals surface area (Å²) in [5, 5.41) is 3.56. The average molecular weight is 252 g/mol. The number of rotatable bonds is 4. The van der Waals surface area contributed by atoms with Crippen LogP contribution in [-0.4, -0.2) is 29.1 Å². The van der Waals surface area contributed by atoms with Crippen molar-refractivity contribution in [1.82, 2.24) is 10.2 Å². The molecule has 3 heteroatoms. The predicted octanol–water partition coefficient (Wildman–Crippen LogP) is 2.61. The van der Waals surface area contributed by atoms with E-state index in [1.165, 1.54) is 0 Å². The topological polar surface area (TPSA) is 32.3 Å². The van der Waals surface area contributed by atoms with Crippen LogP contribution in [0.25, 0.3) is 0 Å². The zero-order valence-corrected chi connectivity index (χ0v) is 12.7. The first-order chi connectivity index (χ1) is 8.24. The van der Waals surface area contributed by atoms with Gasteiger partial charge in [-0.25, -0.2) is 0 Å². The Morgan fingerprint density at radius 2 is 1.89 bits per heavy atom. The summed E-state index contributed by atoms with van der Waals surface area (Å²) in [6, 6.07) is 0.468. The largest absolute Gasteiger partial charge is 0.322 e. The van der Waals surface area contributed by atoms with Crippen molar-refractivity contribution in [2.24, 2.45) is 17.3 Å². The van der Waals surface area contributed by atoms with E-state index in [0.29, 0.717) is 29.2 Å². The molecule has 3 atom stereocenters. The first-order valence-corrected chi connectivity index (χ1v) is 7.32. The van der Waals surface area contributed by atoms with E-state index in [-0.39, 0.29) is 12.2 Å². The summed E-state index contributed by atoms with van der Waals surface area (Å²) < 4.78 is 0. The molecule has 18 heavy (non-hydrogen) atoms. The summed E-state index contributed by atoms with van der Waals surface area (Å²) in [6.45, 7) is 13.2. The van der Waals surface area contributed by atoms with E-state index in [2.05, 4.69) is 51.8 Å². The van der Waals surface area contributed by atoms with Gasteiger partial charge in [-0.05, 0) is 30.1 Å². The van der Waals surface area contributed by atoms with E-state index in [4.69, 9.17) is 0 Å². The molecular formula is C15H28N2O. The molecule has 0 aromatic carbocycles. The molecule has 1 heterocycles. The Hall–Kier alpha value is -0.570. The minimum absolute atomic E-state index is 0.0187. The van der Waals surface area contributed by atoms with Gasteiger partial charge in [-0.1, -0.05) is 41.5 Å². The van der Waals surface area contributed by atoms with Crippen molar-refractivity contribution in [3.05, 3.63) is 0 Å². The fourth-order valence-electron chi connectivity index (χ4n) is 3.06. The third-order valence-electron chi connectivity index (χ3n) is 4.39. The third-order valence-corrected chi connectivity index (χ3v) is 4.39. The van der Waals surface area contributed by atoms with Crippen molar-refractivity contribution in [2.45, 2.75) is 72.6 Å². The van der Waals surface area contributed by atoms with Crippen LogP contribution in [-0.2, 0) is 4.79 Å². The van der Waals surface area contributed by atoms with Crippen LogP contribution in [0.15, 0.2) is 0 Å². The lowest BCUT2D eigenvalue weighted by atomic mass is 10.0. The summed E-state index contributed by atoms with van der Waals surface area (Å²) in [5.41, 5.74) is 0.318. The molecule has 1 aliphatic heterocycles. The lowest BCUT2D eigenvalue weighted by molar-refractivity contribution is -0.131. The van der Waals surface area contributed by atoms with Crippen LogP contribution in [0, 0.1) is 17.3 Å². The highest BCUT2D eigenvalue weighted by Crippen LogP contribution is 2.50. The first-order valence-electron chi connectivity index (χ1n) is 7.32. The Morgan fingerprint density at radius 3 is 2.28 bits per heavy atom. The van der Waals surface area contributed by atoms with Crippen LogP contribution >= 0.6 is 0 Å². The Kier molecular flexibility index (Phi) is 3.48. The van der Waals surface area contributed by atoms with Crippen molar-refractivity contribution < 1.29 is 4.79 Å². The van der Waals surface area contributed by atoms with Gasteiger partial charge in [-0.3, -0.25) is 10.1 Å². The minimum Gasteiger partial charge on any atom is -0.322 e. The molecule has 0 aromatic heterocycles. The minimum atomic E-state index is 0.0187. The highest BCUT2D eigenvalue weighted by Gasteiger charge is 2.56. The van der Waals surface area contributed by atoms with Gasteiger partial charge in [0, 0.05) is 6.04 Å². The zero-order chi connectivity index (χ0) is 13.7. The second-order valence-corrected chi connectivity index (χ2v) is 7.49. The summed E-state index contributed by atoms with van der Waals surface area (Å²) >= 11 is 0. The van der Waals surface area contributed by atoms with Crippen molar-refractivity contribution in [3.8, 4) is 0 Å². The van der Waals surface area contributed by atoms with Crippen molar-refractivity contribution in [1.29, 1.82) is 0 Å². The maximum Gasteiger partial charge on any atom is 0.241 e. The molecule has 2 fully saturated rings. The van der Waals surface area contributed by atoms with Gasteiger partial charge in [-0.15, -0.1) is 0 Å². The molecule has 1 amide bonds. The lowest BCUT2D eigenvalue weighted by Gasteiger charge is -2.27. The molecular weight excluding hydrogens is 224 g/mol. The summed E-state index contributed by atoms with van der Waals surface area (Å²) in [4.78, 5) is 14.7. The van der Waals surface area contributed by atoms with E-state index < -0.39 is 0 Å². The monoisotopic (exact) mass is 252 g/mol. The Balaban J connectivity index is 2.14. The van der Waals surface area contributed by atoms with E-state index in [9.17, 15) is 4.79 Å². The van der Waals surface area contributed by atoms with Crippen LogP contribution < -0.4 is 5.32 Å². The second-order valence-electron chi connectivity index (χ2n) is 7.49.